The molecule has 1 fully saturated rings. The summed E-state index contributed by atoms with van der Waals surface area (Å²) in [7, 11) is 1.79. The molecule has 3 N–H and O–H groups in total. The van der Waals surface area contributed by atoms with Gasteiger partial charge in [-0.15, -0.1) is 0 Å². The van der Waals surface area contributed by atoms with Gasteiger partial charge in [-0.05, 0) is 30.4 Å². The molecule has 92 valence electrons. The summed E-state index contributed by atoms with van der Waals surface area (Å²) in [5.41, 5.74) is 8.86. The van der Waals surface area contributed by atoms with Crippen LogP contribution in [0.15, 0.2) is 24.3 Å². The van der Waals surface area contributed by atoms with E-state index in [2.05, 4.69) is 29.6 Å². The molecule has 2 unspecified atom stereocenters. The van der Waals surface area contributed by atoms with E-state index in [0.29, 0.717) is 18.2 Å². The Balaban J connectivity index is 1.66. The fourth-order valence-electron chi connectivity index (χ4n) is 3.01. The van der Waals surface area contributed by atoms with E-state index in [1.54, 1.807) is 7.11 Å². The number of methoxy groups -OCH3 is 1. The van der Waals surface area contributed by atoms with Gasteiger partial charge in [-0.1, -0.05) is 24.3 Å². The zero-order valence-corrected chi connectivity index (χ0v) is 10.2. The lowest BCUT2D eigenvalue weighted by molar-refractivity contribution is 0.0140. The Morgan fingerprint density at radius 2 is 1.88 bits per heavy atom. The molecule has 3 rings (SSSR count). The third-order valence-corrected chi connectivity index (χ3v) is 4.13. The lowest BCUT2D eigenvalue weighted by Crippen LogP contribution is -2.46. The molecule has 1 saturated carbocycles. The Labute approximate surface area is 102 Å². The van der Waals surface area contributed by atoms with Gasteiger partial charge in [0, 0.05) is 25.2 Å². The summed E-state index contributed by atoms with van der Waals surface area (Å²) in [5.74, 6) is 0. The topological polar surface area (TPSA) is 47.3 Å². The predicted molar refractivity (Wildman–Crippen MR) is 67.7 cm³/mol. The van der Waals surface area contributed by atoms with E-state index >= 15 is 0 Å². The Kier molecular flexibility index (Phi) is 2.90. The van der Waals surface area contributed by atoms with Crippen molar-refractivity contribution in [2.75, 3.05) is 7.11 Å². The molecule has 0 radical (unpaired) electrons. The van der Waals surface area contributed by atoms with Gasteiger partial charge >= 0.3 is 0 Å². The third-order valence-electron chi connectivity index (χ3n) is 4.13. The van der Waals surface area contributed by atoms with Gasteiger partial charge in [0.15, 0.2) is 0 Å². The lowest BCUT2D eigenvalue weighted by Gasteiger charge is -2.37. The van der Waals surface area contributed by atoms with Crippen molar-refractivity contribution >= 4 is 0 Å². The van der Waals surface area contributed by atoms with Crippen LogP contribution in [0.4, 0.5) is 0 Å². The first-order valence-electron chi connectivity index (χ1n) is 6.41. The Morgan fingerprint density at radius 1 is 1.18 bits per heavy atom. The number of benzene rings is 1. The quantitative estimate of drug-likeness (QED) is 0.836. The molecule has 3 heteroatoms. The van der Waals surface area contributed by atoms with Crippen LogP contribution in [0.1, 0.15) is 42.5 Å². The van der Waals surface area contributed by atoms with Gasteiger partial charge in [0.1, 0.15) is 0 Å². The van der Waals surface area contributed by atoms with Crippen molar-refractivity contribution in [1.82, 2.24) is 5.32 Å². The van der Waals surface area contributed by atoms with Crippen LogP contribution in [0, 0.1) is 0 Å². The van der Waals surface area contributed by atoms with Crippen molar-refractivity contribution in [3.8, 4) is 0 Å². The number of rotatable bonds is 3. The zero-order chi connectivity index (χ0) is 11.8. The van der Waals surface area contributed by atoms with Crippen molar-refractivity contribution in [2.45, 2.75) is 43.5 Å². The number of hydrogen-bond acceptors (Lipinski definition) is 3. The van der Waals surface area contributed by atoms with E-state index in [-0.39, 0.29) is 6.04 Å². The Hall–Kier alpha value is -0.900. The van der Waals surface area contributed by atoms with Crippen molar-refractivity contribution in [2.24, 2.45) is 5.73 Å². The second kappa shape index (κ2) is 4.41. The molecule has 2 aliphatic rings. The van der Waals surface area contributed by atoms with Crippen molar-refractivity contribution in [1.29, 1.82) is 0 Å². The average molecular weight is 232 g/mol. The van der Waals surface area contributed by atoms with E-state index < -0.39 is 0 Å². The van der Waals surface area contributed by atoms with Crippen LogP contribution in [-0.2, 0) is 4.74 Å². The molecule has 0 heterocycles. The maximum atomic E-state index is 6.16. The molecule has 1 aromatic rings. The summed E-state index contributed by atoms with van der Waals surface area (Å²) in [5, 5.41) is 3.71. The Bertz CT molecular complexity index is 401. The molecule has 2 aliphatic carbocycles. The molecule has 0 saturated heterocycles. The molecule has 1 aromatic carbocycles. The van der Waals surface area contributed by atoms with Crippen molar-refractivity contribution in [3.63, 3.8) is 0 Å². The maximum Gasteiger partial charge on any atom is 0.0601 e. The van der Waals surface area contributed by atoms with Gasteiger partial charge < -0.3 is 15.8 Å². The lowest BCUT2D eigenvalue weighted by atomic mass is 9.88. The van der Waals surface area contributed by atoms with Gasteiger partial charge in [-0.3, -0.25) is 0 Å². The Morgan fingerprint density at radius 3 is 2.59 bits per heavy atom. The van der Waals surface area contributed by atoms with Crippen LogP contribution in [0.2, 0.25) is 0 Å². The minimum absolute atomic E-state index is 0.196. The summed E-state index contributed by atoms with van der Waals surface area (Å²) in [4.78, 5) is 0. The summed E-state index contributed by atoms with van der Waals surface area (Å²) >= 11 is 0. The molecular weight excluding hydrogens is 212 g/mol. The first kappa shape index (κ1) is 11.2. The monoisotopic (exact) mass is 232 g/mol. The molecule has 0 aliphatic heterocycles. The number of hydrogen-bond donors (Lipinski definition) is 2. The summed E-state index contributed by atoms with van der Waals surface area (Å²) in [6.07, 6.45) is 3.74. The number of nitrogens with one attached hydrogen (secondary N) is 1. The minimum atomic E-state index is 0.196. The predicted octanol–water partition coefficient (Wildman–Crippen LogP) is 1.90. The normalized spacial score (nSPS) is 35.4. The van der Waals surface area contributed by atoms with Crippen molar-refractivity contribution in [3.05, 3.63) is 35.4 Å². The molecule has 0 spiro atoms. The van der Waals surface area contributed by atoms with E-state index in [0.717, 1.165) is 19.3 Å². The molecule has 0 bridgehead atoms. The largest absolute Gasteiger partial charge is 0.381 e. The van der Waals surface area contributed by atoms with E-state index in [9.17, 15) is 0 Å². The van der Waals surface area contributed by atoms with Gasteiger partial charge in [-0.25, -0.2) is 0 Å². The van der Waals surface area contributed by atoms with E-state index in [4.69, 9.17) is 10.5 Å². The van der Waals surface area contributed by atoms with E-state index in [1.807, 2.05) is 0 Å². The van der Waals surface area contributed by atoms with Crippen LogP contribution in [0.3, 0.4) is 0 Å². The highest BCUT2D eigenvalue weighted by molar-refractivity contribution is 5.37. The zero-order valence-electron chi connectivity index (χ0n) is 10.2. The minimum Gasteiger partial charge on any atom is -0.381 e. The number of nitrogens with two attached hydrogens (primary N) is 1. The molecule has 17 heavy (non-hydrogen) atoms. The summed E-state index contributed by atoms with van der Waals surface area (Å²) in [6, 6.07) is 9.76. The molecular formula is C14H20N2O. The number of fused-ring (bicyclic) bond motifs is 1. The van der Waals surface area contributed by atoms with Gasteiger partial charge in [-0.2, -0.15) is 0 Å². The standard InChI is InChI=1S/C14H20N2O/c1-17-10-6-9(7-10)16-14-8-13(15)11-4-2-3-5-12(11)14/h2-5,9-10,13-14,16H,6-8,15H2,1H3. The van der Waals surface area contributed by atoms with Crippen LogP contribution in [-0.4, -0.2) is 19.3 Å². The van der Waals surface area contributed by atoms with Crippen molar-refractivity contribution < 1.29 is 4.74 Å². The summed E-state index contributed by atoms with van der Waals surface area (Å²) < 4.78 is 5.31. The highest BCUT2D eigenvalue weighted by Crippen LogP contribution is 2.38. The highest BCUT2D eigenvalue weighted by atomic mass is 16.5. The van der Waals surface area contributed by atoms with Crippen LogP contribution >= 0.6 is 0 Å². The second-order valence-electron chi connectivity index (χ2n) is 5.22. The van der Waals surface area contributed by atoms with Gasteiger partial charge in [0.2, 0.25) is 0 Å². The first-order valence-corrected chi connectivity index (χ1v) is 6.41. The second-order valence-corrected chi connectivity index (χ2v) is 5.22. The van der Waals surface area contributed by atoms with Crippen LogP contribution in [0.5, 0.6) is 0 Å². The first-order chi connectivity index (χ1) is 8.28. The van der Waals surface area contributed by atoms with Crippen LogP contribution < -0.4 is 11.1 Å². The smallest absolute Gasteiger partial charge is 0.0601 e. The van der Waals surface area contributed by atoms with Gasteiger partial charge in [0.25, 0.3) is 0 Å². The van der Waals surface area contributed by atoms with Gasteiger partial charge in [0.05, 0.1) is 6.10 Å². The third kappa shape index (κ3) is 1.99. The molecule has 2 atom stereocenters. The maximum absolute atomic E-state index is 6.16. The highest BCUT2D eigenvalue weighted by Gasteiger charge is 2.34. The van der Waals surface area contributed by atoms with Crippen LogP contribution in [0.25, 0.3) is 0 Å². The molecule has 0 aromatic heterocycles. The SMILES string of the molecule is COC1CC(NC2CC(N)c3ccccc32)C1. The molecule has 3 nitrogen and oxygen atoms in total. The van der Waals surface area contributed by atoms with E-state index in [1.165, 1.54) is 11.1 Å². The fourth-order valence-corrected chi connectivity index (χ4v) is 3.01. The average Bonchev–Trinajstić information content (AvgIpc) is 2.61. The fraction of sp³-hybridized carbons (Fsp3) is 0.571. The summed E-state index contributed by atoms with van der Waals surface area (Å²) in [6.45, 7) is 0. The molecule has 0 amide bonds. The number of ether oxygens (including phenoxy) is 1.